The third kappa shape index (κ3) is 5.69. The lowest BCUT2D eigenvalue weighted by Crippen LogP contribution is -2.19. The molecule has 9 nitrogen and oxygen atoms in total. The summed E-state index contributed by atoms with van der Waals surface area (Å²) < 4.78 is 48.5. The van der Waals surface area contributed by atoms with Gasteiger partial charge in [-0.1, -0.05) is 12.1 Å². The zero-order valence-corrected chi connectivity index (χ0v) is 20.2. The third-order valence-corrected chi connectivity index (χ3v) is 5.60. The predicted molar refractivity (Wildman–Crippen MR) is 137 cm³/mol. The van der Waals surface area contributed by atoms with Gasteiger partial charge in [-0.25, -0.2) is 14.8 Å². The standard InChI is InChI=1S/C27H19F3N6O3/c1-16(37)34-24-13-25(33-15-32-24)39-20-5-7-23-17(11-20)8-10-36(23)26(38)35-19-4-6-21(18-3-2-9-31-14-18)22(12-19)27(28,29)30/h2-15H,1H3,(H,35,38)(H,32,33,34,37). The van der Waals surface area contributed by atoms with E-state index >= 15 is 0 Å². The van der Waals surface area contributed by atoms with Crippen molar-refractivity contribution >= 4 is 34.3 Å². The Morgan fingerprint density at radius 1 is 0.974 bits per heavy atom. The number of nitrogens with zero attached hydrogens (tertiary/aromatic N) is 4. The van der Waals surface area contributed by atoms with E-state index in [4.69, 9.17) is 4.74 Å². The van der Waals surface area contributed by atoms with E-state index in [2.05, 4.69) is 25.6 Å². The molecule has 196 valence electrons. The Morgan fingerprint density at radius 3 is 2.56 bits per heavy atom. The fourth-order valence-corrected chi connectivity index (χ4v) is 3.94. The maximum Gasteiger partial charge on any atom is 0.417 e. The Kier molecular flexibility index (Phi) is 6.67. The normalized spacial score (nSPS) is 11.3. The molecular weight excluding hydrogens is 513 g/mol. The number of hydrogen-bond acceptors (Lipinski definition) is 6. The molecule has 0 aliphatic rings. The molecule has 0 spiro atoms. The largest absolute Gasteiger partial charge is 0.439 e. The summed E-state index contributed by atoms with van der Waals surface area (Å²) in [6, 6.07) is 14.1. The van der Waals surface area contributed by atoms with Gasteiger partial charge in [0.15, 0.2) is 0 Å². The number of ether oxygens (including phenoxy) is 1. The Morgan fingerprint density at radius 2 is 1.82 bits per heavy atom. The van der Waals surface area contributed by atoms with Gasteiger partial charge in [0.1, 0.15) is 17.9 Å². The molecule has 12 heteroatoms. The molecule has 3 aromatic heterocycles. The fraction of sp³-hybridized carbons (Fsp3) is 0.0741. The van der Waals surface area contributed by atoms with E-state index in [-0.39, 0.29) is 28.9 Å². The number of carbonyl (C=O) groups is 2. The van der Waals surface area contributed by atoms with Gasteiger partial charge in [0.25, 0.3) is 0 Å². The number of anilines is 2. The molecule has 5 aromatic rings. The van der Waals surface area contributed by atoms with Crippen molar-refractivity contribution in [2.24, 2.45) is 0 Å². The van der Waals surface area contributed by atoms with Crippen LogP contribution in [0, 0.1) is 0 Å². The minimum atomic E-state index is -4.64. The second-order valence-electron chi connectivity index (χ2n) is 8.36. The first-order chi connectivity index (χ1) is 18.7. The van der Waals surface area contributed by atoms with Crippen LogP contribution in [0.2, 0.25) is 0 Å². The number of benzene rings is 2. The summed E-state index contributed by atoms with van der Waals surface area (Å²) in [5.74, 6) is 0.590. The molecule has 2 aromatic carbocycles. The predicted octanol–water partition coefficient (Wildman–Crippen LogP) is 6.34. The topological polar surface area (TPSA) is 111 Å². The first-order valence-corrected chi connectivity index (χ1v) is 11.5. The molecule has 0 atom stereocenters. The number of fused-ring (bicyclic) bond motifs is 1. The highest BCUT2D eigenvalue weighted by atomic mass is 19.4. The highest BCUT2D eigenvalue weighted by molar-refractivity contribution is 5.99. The van der Waals surface area contributed by atoms with Crippen molar-refractivity contribution < 1.29 is 27.5 Å². The number of carbonyl (C=O) groups excluding carboxylic acids is 2. The number of aromatic nitrogens is 4. The van der Waals surface area contributed by atoms with E-state index in [1.807, 2.05) is 0 Å². The first kappa shape index (κ1) is 25.4. The molecule has 0 saturated heterocycles. The number of pyridine rings is 1. The highest BCUT2D eigenvalue weighted by Crippen LogP contribution is 2.38. The maximum absolute atomic E-state index is 13.8. The van der Waals surface area contributed by atoms with Crippen LogP contribution in [0.1, 0.15) is 12.5 Å². The molecule has 0 bridgehead atoms. The van der Waals surface area contributed by atoms with Crippen molar-refractivity contribution in [3.05, 3.63) is 91.1 Å². The Balaban J connectivity index is 1.37. The van der Waals surface area contributed by atoms with Gasteiger partial charge in [-0.3, -0.25) is 14.3 Å². The van der Waals surface area contributed by atoms with Crippen molar-refractivity contribution in [1.29, 1.82) is 0 Å². The van der Waals surface area contributed by atoms with E-state index in [1.165, 1.54) is 60.7 Å². The van der Waals surface area contributed by atoms with Crippen LogP contribution >= 0.6 is 0 Å². The molecule has 2 N–H and O–H groups in total. The molecule has 0 radical (unpaired) electrons. The number of rotatable bonds is 5. The summed E-state index contributed by atoms with van der Waals surface area (Å²) in [5, 5.41) is 5.71. The molecule has 2 amide bonds. The van der Waals surface area contributed by atoms with Gasteiger partial charge < -0.3 is 15.4 Å². The van der Waals surface area contributed by atoms with Crippen LogP contribution in [0.3, 0.4) is 0 Å². The van der Waals surface area contributed by atoms with Crippen LogP contribution in [0.5, 0.6) is 11.6 Å². The molecule has 0 aliphatic heterocycles. The molecule has 3 heterocycles. The summed E-state index contributed by atoms with van der Waals surface area (Å²) in [7, 11) is 0. The number of nitrogens with one attached hydrogen (secondary N) is 2. The average molecular weight is 532 g/mol. The van der Waals surface area contributed by atoms with E-state index in [0.717, 1.165) is 6.07 Å². The number of halogens is 3. The van der Waals surface area contributed by atoms with Crippen molar-refractivity contribution in [2.75, 3.05) is 10.6 Å². The lowest BCUT2D eigenvalue weighted by Gasteiger charge is -2.15. The Hall–Kier alpha value is -5.26. The number of alkyl halides is 3. The molecule has 0 aliphatic carbocycles. The molecule has 5 rings (SSSR count). The van der Waals surface area contributed by atoms with Gasteiger partial charge in [0, 0.05) is 48.2 Å². The van der Waals surface area contributed by atoms with E-state index < -0.39 is 17.8 Å². The van der Waals surface area contributed by atoms with Crippen LogP contribution < -0.4 is 15.4 Å². The number of hydrogen-bond donors (Lipinski definition) is 2. The van der Waals surface area contributed by atoms with Gasteiger partial charge in [-0.2, -0.15) is 13.2 Å². The number of amides is 2. The lowest BCUT2D eigenvalue weighted by molar-refractivity contribution is -0.137. The van der Waals surface area contributed by atoms with Gasteiger partial charge in [-0.05, 0) is 48.0 Å². The summed E-state index contributed by atoms with van der Waals surface area (Å²) in [6.07, 6.45) is 0.918. The lowest BCUT2D eigenvalue weighted by atomic mass is 10.00. The van der Waals surface area contributed by atoms with Gasteiger partial charge in [-0.15, -0.1) is 0 Å². The zero-order chi connectivity index (χ0) is 27.6. The molecular formula is C27H19F3N6O3. The first-order valence-electron chi connectivity index (χ1n) is 11.5. The summed E-state index contributed by atoms with van der Waals surface area (Å²) in [6.45, 7) is 1.35. The van der Waals surface area contributed by atoms with Gasteiger partial charge in [0.05, 0.1) is 11.1 Å². The average Bonchev–Trinajstić information content (AvgIpc) is 3.32. The van der Waals surface area contributed by atoms with Crippen LogP contribution in [0.25, 0.3) is 22.0 Å². The molecule has 39 heavy (non-hydrogen) atoms. The molecule has 0 saturated carbocycles. The SMILES string of the molecule is CC(=O)Nc1cc(Oc2ccc3c(ccn3C(=O)Nc3ccc(-c4cccnc4)c(C(F)(F)F)c3)c2)ncn1. The highest BCUT2D eigenvalue weighted by Gasteiger charge is 2.34. The smallest absolute Gasteiger partial charge is 0.417 e. The van der Waals surface area contributed by atoms with Crippen molar-refractivity contribution in [3.63, 3.8) is 0 Å². The second kappa shape index (κ2) is 10.2. The monoisotopic (exact) mass is 532 g/mol. The minimum absolute atomic E-state index is 0.0134. The third-order valence-electron chi connectivity index (χ3n) is 5.60. The van der Waals surface area contributed by atoms with Crippen molar-refractivity contribution in [3.8, 4) is 22.8 Å². The van der Waals surface area contributed by atoms with E-state index in [9.17, 15) is 22.8 Å². The summed E-state index contributed by atoms with van der Waals surface area (Å²) in [5.41, 5.74) is -0.130. The minimum Gasteiger partial charge on any atom is -0.439 e. The summed E-state index contributed by atoms with van der Waals surface area (Å²) in [4.78, 5) is 36.1. The van der Waals surface area contributed by atoms with E-state index in [1.54, 1.807) is 30.3 Å². The van der Waals surface area contributed by atoms with Crippen LogP contribution in [-0.2, 0) is 11.0 Å². The maximum atomic E-state index is 13.8. The second-order valence-corrected chi connectivity index (χ2v) is 8.36. The fourth-order valence-electron chi connectivity index (χ4n) is 3.94. The van der Waals surface area contributed by atoms with Crippen LogP contribution in [0.4, 0.5) is 29.5 Å². The van der Waals surface area contributed by atoms with Crippen LogP contribution in [0.15, 0.2) is 85.6 Å². The zero-order valence-electron chi connectivity index (χ0n) is 20.2. The van der Waals surface area contributed by atoms with Crippen molar-refractivity contribution in [1.82, 2.24) is 19.5 Å². The molecule has 0 fully saturated rings. The Labute approximate surface area is 219 Å². The summed E-state index contributed by atoms with van der Waals surface area (Å²) >= 11 is 0. The van der Waals surface area contributed by atoms with Crippen molar-refractivity contribution in [2.45, 2.75) is 13.1 Å². The Bertz CT molecular complexity index is 1690. The van der Waals surface area contributed by atoms with Crippen LogP contribution in [-0.4, -0.2) is 31.5 Å². The molecule has 0 unspecified atom stereocenters. The van der Waals surface area contributed by atoms with Gasteiger partial charge in [0.2, 0.25) is 11.8 Å². The van der Waals surface area contributed by atoms with Gasteiger partial charge >= 0.3 is 12.2 Å². The van der Waals surface area contributed by atoms with E-state index in [0.29, 0.717) is 22.2 Å². The quantitative estimate of drug-likeness (QED) is 0.273.